The molecule has 0 aromatic carbocycles. The van der Waals surface area contributed by atoms with E-state index in [1.807, 2.05) is 11.6 Å². The monoisotopic (exact) mass is 305 g/mol. The van der Waals surface area contributed by atoms with E-state index < -0.39 is 0 Å². The van der Waals surface area contributed by atoms with Crippen LogP contribution in [-0.2, 0) is 6.54 Å². The molecule has 0 radical (unpaired) electrons. The zero-order valence-corrected chi connectivity index (χ0v) is 13.3. The van der Waals surface area contributed by atoms with E-state index in [0.717, 1.165) is 30.8 Å². The summed E-state index contributed by atoms with van der Waals surface area (Å²) < 4.78 is 1.82. The average molecular weight is 305 g/mol. The number of nitrogens with one attached hydrogen (secondary N) is 1. The number of amides is 1. The summed E-state index contributed by atoms with van der Waals surface area (Å²) in [7, 11) is 0. The molecule has 2 aromatic rings. The van der Waals surface area contributed by atoms with Crippen molar-refractivity contribution in [2.45, 2.75) is 40.2 Å². The summed E-state index contributed by atoms with van der Waals surface area (Å²) in [5, 5.41) is 7.18. The number of carbonyl (C=O) groups excluding carboxylic acids is 2. The maximum absolute atomic E-state index is 12.3. The normalized spacial score (nSPS) is 10.6. The minimum Gasteiger partial charge on any atom is -0.306 e. The number of unbranched alkanes of at least 4 members (excludes halogenated alkanes) is 1. The van der Waals surface area contributed by atoms with Gasteiger partial charge in [-0.2, -0.15) is 5.10 Å². The molecule has 21 heavy (non-hydrogen) atoms. The molecule has 0 bridgehead atoms. The average Bonchev–Trinajstić information content (AvgIpc) is 3.06. The first-order chi connectivity index (χ1) is 10.0. The predicted molar refractivity (Wildman–Crippen MR) is 84.1 cm³/mol. The van der Waals surface area contributed by atoms with Crippen LogP contribution in [0.25, 0.3) is 0 Å². The van der Waals surface area contributed by atoms with Crippen LogP contribution in [0.1, 0.15) is 51.6 Å². The van der Waals surface area contributed by atoms with Crippen molar-refractivity contribution in [2.24, 2.45) is 0 Å². The molecule has 6 heteroatoms. The van der Waals surface area contributed by atoms with Gasteiger partial charge in [0.15, 0.2) is 5.78 Å². The number of carbonyl (C=O) groups is 2. The molecule has 0 aliphatic carbocycles. The van der Waals surface area contributed by atoms with E-state index in [1.165, 1.54) is 18.3 Å². The van der Waals surface area contributed by atoms with Crippen molar-refractivity contribution >= 4 is 28.8 Å². The van der Waals surface area contributed by atoms with Crippen molar-refractivity contribution in [1.29, 1.82) is 0 Å². The van der Waals surface area contributed by atoms with Crippen LogP contribution in [0, 0.1) is 6.92 Å². The summed E-state index contributed by atoms with van der Waals surface area (Å²) in [6.45, 7) is 6.31. The summed E-state index contributed by atoms with van der Waals surface area (Å²) in [5.41, 5.74) is 0.933. The van der Waals surface area contributed by atoms with Gasteiger partial charge in [0.2, 0.25) is 0 Å². The predicted octanol–water partition coefficient (Wildman–Crippen LogP) is 3.51. The lowest BCUT2D eigenvalue weighted by Gasteiger charge is -2.09. The first-order valence-corrected chi connectivity index (χ1v) is 7.79. The van der Waals surface area contributed by atoms with Crippen LogP contribution in [0.2, 0.25) is 0 Å². The van der Waals surface area contributed by atoms with E-state index in [0.29, 0.717) is 9.75 Å². The largest absolute Gasteiger partial charge is 0.306 e. The summed E-state index contributed by atoms with van der Waals surface area (Å²) in [5.74, 6) is 0.503. The molecule has 2 heterocycles. The van der Waals surface area contributed by atoms with Crippen LogP contribution in [0.4, 0.5) is 5.82 Å². The number of anilines is 1. The van der Waals surface area contributed by atoms with Crippen molar-refractivity contribution in [3.8, 4) is 0 Å². The lowest BCUT2D eigenvalue weighted by Crippen LogP contribution is -2.15. The van der Waals surface area contributed by atoms with Gasteiger partial charge in [0.1, 0.15) is 5.82 Å². The lowest BCUT2D eigenvalue weighted by atomic mass is 10.3. The standard InChI is InChI=1S/C15H19N3O2S/c1-4-5-8-18-14(10(2)9-16-18)17-15(20)13-7-6-12(21-13)11(3)19/h6-7,9H,4-5,8H2,1-3H3,(H,17,20). The highest BCUT2D eigenvalue weighted by atomic mass is 32.1. The van der Waals surface area contributed by atoms with Crippen molar-refractivity contribution in [3.05, 3.63) is 33.6 Å². The van der Waals surface area contributed by atoms with Gasteiger partial charge < -0.3 is 5.32 Å². The number of nitrogens with zero attached hydrogens (tertiary/aromatic N) is 2. The molecule has 2 aromatic heterocycles. The number of ketones is 1. The highest BCUT2D eigenvalue weighted by Gasteiger charge is 2.15. The third kappa shape index (κ3) is 3.58. The van der Waals surface area contributed by atoms with Gasteiger partial charge in [-0.3, -0.25) is 9.59 Å². The Balaban J connectivity index is 2.15. The molecule has 0 saturated heterocycles. The van der Waals surface area contributed by atoms with Crippen molar-refractivity contribution in [1.82, 2.24) is 9.78 Å². The van der Waals surface area contributed by atoms with Crippen LogP contribution in [0.5, 0.6) is 0 Å². The maximum Gasteiger partial charge on any atom is 0.266 e. The van der Waals surface area contributed by atoms with E-state index in [2.05, 4.69) is 17.3 Å². The fraction of sp³-hybridized carbons (Fsp3) is 0.400. The zero-order chi connectivity index (χ0) is 15.4. The fourth-order valence-corrected chi connectivity index (χ4v) is 2.73. The van der Waals surface area contributed by atoms with Gasteiger partial charge in [0.05, 0.1) is 16.0 Å². The third-order valence-corrected chi connectivity index (χ3v) is 4.34. The second-order valence-electron chi connectivity index (χ2n) is 4.93. The Morgan fingerprint density at radius 1 is 1.33 bits per heavy atom. The van der Waals surface area contributed by atoms with Crippen LogP contribution in [0.15, 0.2) is 18.3 Å². The molecule has 112 valence electrons. The molecule has 2 rings (SSSR count). The lowest BCUT2D eigenvalue weighted by molar-refractivity contribution is 0.101. The Bertz CT molecular complexity index is 658. The van der Waals surface area contributed by atoms with Crippen LogP contribution < -0.4 is 5.32 Å². The molecule has 0 saturated carbocycles. The molecular formula is C15H19N3O2S. The van der Waals surface area contributed by atoms with E-state index in [9.17, 15) is 9.59 Å². The van der Waals surface area contributed by atoms with Gasteiger partial charge in [-0.15, -0.1) is 11.3 Å². The molecule has 1 amide bonds. The molecule has 0 aliphatic heterocycles. The van der Waals surface area contributed by atoms with E-state index in [1.54, 1.807) is 18.3 Å². The third-order valence-electron chi connectivity index (χ3n) is 3.15. The second kappa shape index (κ2) is 6.67. The second-order valence-corrected chi connectivity index (χ2v) is 6.01. The van der Waals surface area contributed by atoms with Crippen LogP contribution in [0.3, 0.4) is 0 Å². The van der Waals surface area contributed by atoms with Crippen molar-refractivity contribution < 1.29 is 9.59 Å². The molecule has 5 nitrogen and oxygen atoms in total. The highest BCUT2D eigenvalue weighted by molar-refractivity contribution is 7.16. The number of thiophene rings is 1. The topological polar surface area (TPSA) is 64.0 Å². The number of rotatable bonds is 6. The van der Waals surface area contributed by atoms with E-state index >= 15 is 0 Å². The van der Waals surface area contributed by atoms with Gasteiger partial charge in [0.25, 0.3) is 5.91 Å². The summed E-state index contributed by atoms with van der Waals surface area (Å²) in [6, 6.07) is 3.36. The molecule has 0 unspecified atom stereocenters. The number of aromatic nitrogens is 2. The van der Waals surface area contributed by atoms with Crippen molar-refractivity contribution in [3.63, 3.8) is 0 Å². The Labute approximate surface area is 128 Å². The Kier molecular flexibility index (Phi) is 4.90. The molecule has 0 fully saturated rings. The number of hydrogen-bond acceptors (Lipinski definition) is 4. The fourth-order valence-electron chi connectivity index (χ4n) is 1.94. The summed E-state index contributed by atoms with van der Waals surface area (Å²) in [6.07, 6.45) is 3.83. The molecular weight excluding hydrogens is 286 g/mol. The van der Waals surface area contributed by atoms with E-state index in [-0.39, 0.29) is 11.7 Å². The number of aryl methyl sites for hydroxylation is 2. The van der Waals surface area contributed by atoms with Gasteiger partial charge in [-0.25, -0.2) is 4.68 Å². The smallest absolute Gasteiger partial charge is 0.266 e. The SMILES string of the molecule is CCCCn1ncc(C)c1NC(=O)c1ccc(C(C)=O)s1. The number of hydrogen-bond donors (Lipinski definition) is 1. The van der Waals surface area contributed by atoms with Gasteiger partial charge in [-0.1, -0.05) is 13.3 Å². The van der Waals surface area contributed by atoms with Gasteiger partial charge in [-0.05, 0) is 32.4 Å². The first-order valence-electron chi connectivity index (χ1n) is 6.97. The zero-order valence-electron chi connectivity index (χ0n) is 12.5. The minimum absolute atomic E-state index is 0.0248. The molecule has 0 atom stereocenters. The highest BCUT2D eigenvalue weighted by Crippen LogP contribution is 2.20. The van der Waals surface area contributed by atoms with Gasteiger partial charge >= 0.3 is 0 Å². The molecule has 1 N–H and O–H groups in total. The van der Waals surface area contributed by atoms with Crippen LogP contribution >= 0.6 is 11.3 Å². The Hall–Kier alpha value is -1.95. The van der Waals surface area contributed by atoms with Crippen LogP contribution in [-0.4, -0.2) is 21.5 Å². The number of Topliss-reactive ketones (excluding diaryl/α,β-unsaturated/α-hetero) is 1. The minimum atomic E-state index is -0.200. The Morgan fingerprint density at radius 3 is 2.67 bits per heavy atom. The van der Waals surface area contributed by atoms with Crippen molar-refractivity contribution in [2.75, 3.05) is 5.32 Å². The first kappa shape index (κ1) is 15.4. The maximum atomic E-state index is 12.3. The quantitative estimate of drug-likeness (QED) is 0.831. The Morgan fingerprint density at radius 2 is 2.05 bits per heavy atom. The summed E-state index contributed by atoms with van der Waals surface area (Å²) >= 11 is 1.21. The molecule has 0 spiro atoms. The van der Waals surface area contributed by atoms with Gasteiger partial charge in [0, 0.05) is 12.1 Å². The van der Waals surface area contributed by atoms with E-state index in [4.69, 9.17) is 0 Å². The summed E-state index contributed by atoms with van der Waals surface area (Å²) in [4.78, 5) is 24.7. The molecule has 0 aliphatic rings.